The van der Waals surface area contributed by atoms with E-state index in [1.165, 1.54) is 18.3 Å². The lowest BCUT2D eigenvalue weighted by atomic mass is 9.94. The minimum Gasteiger partial charge on any atom is -0.508 e. The number of halogens is 3. The Morgan fingerprint density at radius 1 is 1.11 bits per heavy atom. The molecule has 3 unspecified atom stereocenters. The maximum atomic E-state index is 17.0. The predicted octanol–water partition coefficient (Wildman–Crippen LogP) is 4.33. The minimum atomic E-state index is -0.929. The molecule has 7 heterocycles. The zero-order chi connectivity index (χ0) is 30.4. The van der Waals surface area contributed by atoms with Crippen molar-refractivity contribution in [3.63, 3.8) is 0 Å². The summed E-state index contributed by atoms with van der Waals surface area (Å²) in [6.45, 7) is 2.11. The number of hydrogen-bond acceptors (Lipinski definition) is 9. The summed E-state index contributed by atoms with van der Waals surface area (Å²) in [5.41, 5.74) is 0.0961. The third kappa shape index (κ3) is 4.12. The Bertz CT molecular complexity index is 1820. The Hall–Kier alpha value is -4.10. The maximum absolute atomic E-state index is 17.0. The standard InChI is InChI=1S/C32H32F3N7O3/c33-16-11-32(7-1-9-41(32)12-16)15-45-31-38-28-25-29(44-14-23-22-5-2-17(37-22)13-42(23)30(25)39-31)27(35)24(26(28)34)20-10-18(43)3-4-19(20)21-6-8-36-40-21/h3-4,6,8,10,16-17,22-23,37,43H,1-2,5,7,9,11-15H2,(H,36,40)/t16-,17?,22?,23?,32+/m1/s1. The van der Waals surface area contributed by atoms with Crippen LogP contribution in [0.5, 0.6) is 17.5 Å². The lowest BCUT2D eigenvalue weighted by molar-refractivity contribution is 0.107. The number of phenolic OH excluding ortho intramolecular Hbond substituents is 1. The van der Waals surface area contributed by atoms with E-state index in [-0.39, 0.29) is 70.9 Å². The fourth-order valence-corrected chi connectivity index (χ4v) is 8.41. The molecule has 0 spiro atoms. The number of fused-ring (bicyclic) bond motifs is 6. The van der Waals surface area contributed by atoms with E-state index in [0.717, 1.165) is 32.2 Å². The third-order valence-corrected chi connectivity index (χ3v) is 10.5. The number of hydrogen-bond donors (Lipinski definition) is 3. The van der Waals surface area contributed by atoms with E-state index in [9.17, 15) is 9.50 Å². The largest absolute Gasteiger partial charge is 0.508 e. The minimum absolute atomic E-state index is 0.0420. The molecule has 5 aliphatic heterocycles. The van der Waals surface area contributed by atoms with Crippen molar-refractivity contribution >= 4 is 16.7 Å². The number of nitrogens with zero attached hydrogens (tertiary/aromatic N) is 5. The summed E-state index contributed by atoms with van der Waals surface area (Å²) in [6, 6.07) is 6.14. The van der Waals surface area contributed by atoms with Gasteiger partial charge in [0.25, 0.3) is 0 Å². The van der Waals surface area contributed by atoms with Crippen LogP contribution in [-0.4, -0.2) is 92.9 Å². The van der Waals surface area contributed by atoms with Crippen LogP contribution >= 0.6 is 0 Å². The van der Waals surface area contributed by atoms with E-state index in [0.29, 0.717) is 36.6 Å². The highest BCUT2D eigenvalue weighted by Crippen LogP contribution is 2.48. The summed E-state index contributed by atoms with van der Waals surface area (Å²) in [5, 5.41) is 21.1. The van der Waals surface area contributed by atoms with Gasteiger partial charge in [-0.15, -0.1) is 0 Å². The normalized spacial score (nSPS) is 28.6. The van der Waals surface area contributed by atoms with Crippen LogP contribution in [0.1, 0.15) is 32.1 Å². The Balaban J connectivity index is 1.24. The van der Waals surface area contributed by atoms with Crippen LogP contribution in [0.4, 0.5) is 19.0 Å². The SMILES string of the molecule is Oc1ccc(-c2ccn[nH]2)c(-c2c(F)c3c4c(nc(OC[C@@]56CCCN5C[C@H](F)C6)nc4c2F)N2CC4CCC(N4)C2CO3)c1. The van der Waals surface area contributed by atoms with Crippen LogP contribution in [0.2, 0.25) is 0 Å². The molecule has 0 aliphatic carbocycles. The summed E-state index contributed by atoms with van der Waals surface area (Å²) < 4.78 is 60.7. The molecule has 10 nitrogen and oxygen atoms in total. The van der Waals surface area contributed by atoms with Gasteiger partial charge < -0.3 is 24.8 Å². The molecule has 4 saturated heterocycles. The second kappa shape index (κ2) is 9.95. The Morgan fingerprint density at radius 2 is 2.02 bits per heavy atom. The molecule has 2 aromatic carbocycles. The van der Waals surface area contributed by atoms with Crippen molar-refractivity contribution in [2.24, 2.45) is 0 Å². The second-order valence-electron chi connectivity index (χ2n) is 13.0. The first-order valence-corrected chi connectivity index (χ1v) is 15.6. The Labute approximate surface area is 256 Å². The molecule has 0 saturated carbocycles. The molecular formula is C32H32F3N7O3. The van der Waals surface area contributed by atoms with Gasteiger partial charge in [-0.2, -0.15) is 15.1 Å². The number of nitrogens with one attached hydrogen (secondary N) is 2. The van der Waals surface area contributed by atoms with E-state index in [1.54, 1.807) is 12.1 Å². The molecular weight excluding hydrogens is 587 g/mol. The first-order valence-electron chi connectivity index (χ1n) is 15.6. The number of aromatic nitrogens is 4. The average molecular weight is 620 g/mol. The van der Waals surface area contributed by atoms with Gasteiger partial charge in [0.15, 0.2) is 17.4 Å². The fourth-order valence-electron chi connectivity index (χ4n) is 8.41. The molecule has 5 atom stereocenters. The number of H-pyrrole nitrogens is 1. The number of aromatic hydroxyl groups is 1. The maximum Gasteiger partial charge on any atom is 0.319 e. The van der Waals surface area contributed by atoms with Crippen molar-refractivity contribution in [2.75, 3.05) is 37.7 Å². The first-order chi connectivity index (χ1) is 21.9. The molecule has 0 radical (unpaired) electrons. The van der Waals surface area contributed by atoms with Crippen molar-refractivity contribution in [3.8, 4) is 39.9 Å². The third-order valence-electron chi connectivity index (χ3n) is 10.5. The van der Waals surface area contributed by atoms with Gasteiger partial charge in [0.2, 0.25) is 0 Å². The van der Waals surface area contributed by atoms with Crippen molar-refractivity contribution < 1.29 is 27.8 Å². The van der Waals surface area contributed by atoms with Crippen LogP contribution in [0.3, 0.4) is 0 Å². The first kappa shape index (κ1) is 27.2. The summed E-state index contributed by atoms with van der Waals surface area (Å²) in [4.78, 5) is 13.6. The average Bonchev–Trinajstić information content (AvgIpc) is 3.80. The lowest BCUT2D eigenvalue weighted by Gasteiger charge is -2.40. The van der Waals surface area contributed by atoms with Crippen LogP contribution in [0.15, 0.2) is 30.5 Å². The number of benzene rings is 2. The monoisotopic (exact) mass is 619 g/mol. The number of ether oxygens (including phenoxy) is 2. The molecule has 9 rings (SSSR count). The molecule has 2 bridgehead atoms. The topological polar surface area (TPSA) is 112 Å². The fraction of sp³-hybridized carbons (Fsp3) is 0.469. The zero-order valence-corrected chi connectivity index (χ0v) is 24.4. The van der Waals surface area contributed by atoms with Gasteiger partial charge >= 0.3 is 6.01 Å². The second-order valence-corrected chi connectivity index (χ2v) is 13.0. The number of piperazine rings is 1. The van der Waals surface area contributed by atoms with E-state index < -0.39 is 23.3 Å². The Morgan fingerprint density at radius 3 is 2.89 bits per heavy atom. The number of aromatic amines is 1. The predicted molar refractivity (Wildman–Crippen MR) is 159 cm³/mol. The highest BCUT2D eigenvalue weighted by Gasteiger charge is 2.50. The van der Waals surface area contributed by atoms with Crippen molar-refractivity contribution in [3.05, 3.63) is 42.1 Å². The molecule has 45 heavy (non-hydrogen) atoms. The van der Waals surface area contributed by atoms with Crippen LogP contribution < -0.4 is 19.7 Å². The molecule has 4 fully saturated rings. The summed E-state index contributed by atoms with van der Waals surface area (Å²) >= 11 is 0. The van der Waals surface area contributed by atoms with Gasteiger partial charge in [0.05, 0.1) is 28.2 Å². The Kier molecular flexibility index (Phi) is 6.02. The summed E-state index contributed by atoms with van der Waals surface area (Å²) in [5.74, 6) is -1.74. The highest BCUT2D eigenvalue weighted by atomic mass is 19.1. The number of alkyl halides is 1. The molecule has 4 aromatic rings. The number of rotatable bonds is 5. The van der Waals surface area contributed by atoms with Gasteiger partial charge in [-0.05, 0) is 56.5 Å². The summed E-state index contributed by atoms with van der Waals surface area (Å²) in [7, 11) is 0. The van der Waals surface area contributed by atoms with Crippen molar-refractivity contribution in [1.82, 2.24) is 30.4 Å². The molecule has 13 heteroatoms. The van der Waals surface area contributed by atoms with Gasteiger partial charge in [0, 0.05) is 48.9 Å². The smallest absolute Gasteiger partial charge is 0.319 e. The van der Waals surface area contributed by atoms with Gasteiger partial charge in [-0.1, -0.05) is 0 Å². The highest BCUT2D eigenvalue weighted by molar-refractivity contribution is 6.01. The van der Waals surface area contributed by atoms with E-state index in [4.69, 9.17) is 14.5 Å². The molecule has 5 aliphatic rings. The van der Waals surface area contributed by atoms with Gasteiger partial charge in [-0.25, -0.2) is 13.2 Å². The summed E-state index contributed by atoms with van der Waals surface area (Å²) in [6.07, 6.45) is 4.65. The van der Waals surface area contributed by atoms with Crippen LogP contribution in [0, 0.1) is 11.6 Å². The number of phenols is 1. The van der Waals surface area contributed by atoms with E-state index >= 15 is 8.78 Å². The lowest BCUT2D eigenvalue weighted by Crippen LogP contribution is -2.60. The zero-order valence-electron chi connectivity index (χ0n) is 24.4. The number of anilines is 1. The van der Waals surface area contributed by atoms with Crippen LogP contribution in [-0.2, 0) is 0 Å². The quantitative estimate of drug-likeness (QED) is 0.301. The van der Waals surface area contributed by atoms with Crippen molar-refractivity contribution in [2.45, 2.75) is 61.9 Å². The van der Waals surface area contributed by atoms with Gasteiger partial charge in [-0.3, -0.25) is 10.00 Å². The van der Waals surface area contributed by atoms with E-state index in [2.05, 4.69) is 30.3 Å². The molecule has 234 valence electrons. The van der Waals surface area contributed by atoms with Gasteiger partial charge in [0.1, 0.15) is 36.5 Å². The molecule has 0 amide bonds. The van der Waals surface area contributed by atoms with E-state index in [1.807, 2.05) is 0 Å². The van der Waals surface area contributed by atoms with Crippen LogP contribution in [0.25, 0.3) is 33.3 Å². The molecule has 3 N–H and O–H groups in total. The molecule has 2 aromatic heterocycles. The van der Waals surface area contributed by atoms with Crippen molar-refractivity contribution in [1.29, 1.82) is 0 Å².